The van der Waals surface area contributed by atoms with Crippen LogP contribution >= 0.6 is 11.6 Å². The Kier molecular flexibility index (Phi) is 5.88. The van der Waals surface area contributed by atoms with Gasteiger partial charge in [-0.15, -0.1) is 0 Å². The van der Waals surface area contributed by atoms with Crippen molar-refractivity contribution in [3.63, 3.8) is 0 Å². The molecule has 1 amide bonds. The second-order valence-electron chi connectivity index (χ2n) is 8.66. The topological polar surface area (TPSA) is 43.8 Å². The van der Waals surface area contributed by atoms with E-state index in [4.69, 9.17) is 11.6 Å². The molecule has 0 bridgehead atoms. The molecule has 34 heavy (non-hydrogen) atoms. The fourth-order valence-electron chi connectivity index (χ4n) is 4.77. The number of likely N-dealkylation sites (tertiary alicyclic amines) is 1. The van der Waals surface area contributed by atoms with Gasteiger partial charge in [-0.05, 0) is 42.7 Å². The number of carbonyl (C=O) groups excluding carboxylic acids is 1. The first kappa shape index (κ1) is 22.6. The maximum absolute atomic E-state index is 15.1. The van der Waals surface area contributed by atoms with E-state index < -0.39 is 28.7 Å². The van der Waals surface area contributed by atoms with Crippen molar-refractivity contribution in [3.8, 4) is 0 Å². The summed E-state index contributed by atoms with van der Waals surface area (Å²) >= 11 is 6.25. The molecule has 0 aliphatic carbocycles. The Morgan fingerprint density at radius 2 is 1.62 bits per heavy atom. The van der Waals surface area contributed by atoms with E-state index in [-0.39, 0.29) is 25.9 Å². The van der Waals surface area contributed by atoms with Gasteiger partial charge in [-0.3, -0.25) is 4.79 Å². The summed E-state index contributed by atoms with van der Waals surface area (Å²) in [5, 5.41) is 11.5. The molecule has 0 spiro atoms. The van der Waals surface area contributed by atoms with Crippen LogP contribution in [0.4, 0.5) is 20.2 Å². The highest BCUT2D eigenvalue weighted by Gasteiger charge is 2.38. The van der Waals surface area contributed by atoms with Gasteiger partial charge in [0.15, 0.2) is 0 Å². The number of rotatable bonds is 3. The normalized spacial score (nSPS) is 16.9. The molecule has 5 rings (SSSR count). The molecule has 0 unspecified atom stereocenters. The molecule has 0 aromatic heterocycles. The lowest BCUT2D eigenvalue weighted by molar-refractivity contribution is -0.0212. The van der Waals surface area contributed by atoms with Gasteiger partial charge in [-0.1, -0.05) is 60.2 Å². The fourth-order valence-corrected chi connectivity index (χ4v) is 5.08. The number of anilines is 2. The maximum atomic E-state index is 15.1. The molecule has 0 radical (unpaired) electrons. The van der Waals surface area contributed by atoms with Crippen molar-refractivity contribution >= 4 is 35.0 Å². The molecule has 2 aliphatic rings. The zero-order valence-corrected chi connectivity index (χ0v) is 19.1. The van der Waals surface area contributed by atoms with Gasteiger partial charge < -0.3 is 14.9 Å². The number of halogens is 3. The van der Waals surface area contributed by atoms with Gasteiger partial charge in [-0.25, -0.2) is 8.78 Å². The summed E-state index contributed by atoms with van der Waals surface area (Å²) in [5.41, 5.74) is 0.974. The first-order chi connectivity index (χ1) is 16.4. The molecule has 2 aliphatic heterocycles. The van der Waals surface area contributed by atoms with Crippen LogP contribution in [0.1, 0.15) is 34.3 Å². The van der Waals surface area contributed by atoms with Crippen LogP contribution in [0.5, 0.6) is 0 Å². The van der Waals surface area contributed by atoms with Gasteiger partial charge in [0.1, 0.15) is 17.2 Å². The van der Waals surface area contributed by atoms with Crippen LogP contribution in [-0.2, 0) is 5.60 Å². The summed E-state index contributed by atoms with van der Waals surface area (Å²) in [6, 6.07) is 17.0. The van der Waals surface area contributed by atoms with Gasteiger partial charge in [0.05, 0.1) is 5.60 Å². The van der Waals surface area contributed by atoms with E-state index in [0.29, 0.717) is 22.8 Å². The number of aliphatic hydroxyl groups is 1. The van der Waals surface area contributed by atoms with Gasteiger partial charge in [0.25, 0.3) is 5.91 Å². The van der Waals surface area contributed by atoms with Crippen LogP contribution in [0.3, 0.4) is 0 Å². The van der Waals surface area contributed by atoms with Crippen molar-refractivity contribution in [1.82, 2.24) is 4.90 Å². The van der Waals surface area contributed by atoms with Crippen LogP contribution < -0.4 is 4.90 Å². The van der Waals surface area contributed by atoms with E-state index in [1.54, 1.807) is 29.2 Å². The third-order valence-electron chi connectivity index (χ3n) is 6.62. The lowest BCUT2D eigenvalue weighted by atomic mass is 9.84. The van der Waals surface area contributed by atoms with Crippen LogP contribution in [0.25, 0.3) is 6.08 Å². The van der Waals surface area contributed by atoms with Gasteiger partial charge in [0.2, 0.25) is 0 Å². The van der Waals surface area contributed by atoms with E-state index in [0.717, 1.165) is 11.3 Å². The van der Waals surface area contributed by atoms with Crippen molar-refractivity contribution in [2.75, 3.05) is 24.5 Å². The van der Waals surface area contributed by atoms with Crippen molar-refractivity contribution in [2.24, 2.45) is 0 Å². The Hall–Kier alpha value is -3.22. The standard InChI is InChI=1S/C27H23ClF2N2O2/c28-21-9-3-2-8-20(21)27(34)11-14-31(15-12-27)26(33)25-22(29)16-19(17-23(25)30)32-13-5-7-18-6-1-4-10-24(18)32/h1-10,16-17,34H,11-15H2. The number of benzene rings is 3. The van der Waals surface area contributed by atoms with Crippen LogP contribution in [0.2, 0.25) is 5.02 Å². The van der Waals surface area contributed by atoms with E-state index in [2.05, 4.69) is 0 Å². The Bertz CT molecular complexity index is 1260. The molecule has 1 N–H and O–H groups in total. The third kappa shape index (κ3) is 3.97. The fraction of sp³-hybridized carbons (Fsp3) is 0.222. The minimum absolute atomic E-state index is 0.158. The molecular weight excluding hydrogens is 458 g/mol. The molecule has 2 heterocycles. The average Bonchev–Trinajstić information content (AvgIpc) is 2.84. The Labute approximate surface area is 201 Å². The van der Waals surface area contributed by atoms with E-state index in [1.807, 2.05) is 36.4 Å². The number of nitrogens with zero attached hydrogens (tertiary/aromatic N) is 2. The van der Waals surface area contributed by atoms with E-state index in [9.17, 15) is 9.90 Å². The lowest BCUT2D eigenvalue weighted by Crippen LogP contribution is -2.45. The van der Waals surface area contributed by atoms with Gasteiger partial charge >= 0.3 is 0 Å². The molecule has 0 atom stereocenters. The second-order valence-corrected chi connectivity index (χ2v) is 9.07. The zero-order valence-electron chi connectivity index (χ0n) is 18.3. The molecule has 1 fully saturated rings. The number of para-hydroxylation sites is 1. The van der Waals surface area contributed by atoms with Crippen LogP contribution in [0, 0.1) is 11.6 Å². The molecule has 4 nitrogen and oxygen atoms in total. The molecule has 0 saturated carbocycles. The number of piperidine rings is 1. The molecule has 3 aromatic carbocycles. The lowest BCUT2D eigenvalue weighted by Gasteiger charge is -2.39. The largest absolute Gasteiger partial charge is 0.385 e. The first-order valence-corrected chi connectivity index (χ1v) is 11.5. The SMILES string of the molecule is O=C(c1c(F)cc(N2CC=Cc3ccccc32)cc1F)N1CCC(O)(c2ccccc2Cl)CC1. The maximum Gasteiger partial charge on any atom is 0.259 e. The summed E-state index contributed by atoms with van der Waals surface area (Å²) in [6.07, 6.45) is 4.34. The summed E-state index contributed by atoms with van der Waals surface area (Å²) in [6.45, 7) is 0.785. The number of fused-ring (bicyclic) bond motifs is 1. The number of carbonyl (C=O) groups is 1. The Morgan fingerprint density at radius 3 is 2.32 bits per heavy atom. The summed E-state index contributed by atoms with van der Waals surface area (Å²) in [4.78, 5) is 16.2. The van der Waals surface area contributed by atoms with Crippen molar-refractivity contribution in [2.45, 2.75) is 18.4 Å². The van der Waals surface area contributed by atoms with Crippen molar-refractivity contribution in [3.05, 3.63) is 100 Å². The molecule has 7 heteroatoms. The van der Waals surface area contributed by atoms with Crippen molar-refractivity contribution in [1.29, 1.82) is 0 Å². The minimum Gasteiger partial charge on any atom is -0.385 e. The quantitative estimate of drug-likeness (QED) is 0.507. The molecule has 3 aromatic rings. The number of hydrogen-bond acceptors (Lipinski definition) is 3. The smallest absolute Gasteiger partial charge is 0.259 e. The highest BCUT2D eigenvalue weighted by Crippen LogP contribution is 2.38. The first-order valence-electron chi connectivity index (χ1n) is 11.2. The van der Waals surface area contributed by atoms with Crippen LogP contribution in [0.15, 0.2) is 66.7 Å². The summed E-state index contributed by atoms with van der Waals surface area (Å²) < 4.78 is 30.2. The highest BCUT2D eigenvalue weighted by molar-refractivity contribution is 6.31. The number of hydrogen-bond donors (Lipinski definition) is 1. The number of amides is 1. The minimum atomic E-state index is -1.19. The van der Waals surface area contributed by atoms with Crippen LogP contribution in [-0.4, -0.2) is 35.5 Å². The molecular formula is C27H23ClF2N2O2. The molecule has 174 valence electrons. The second kappa shape index (κ2) is 8.85. The van der Waals surface area contributed by atoms with Crippen molar-refractivity contribution < 1.29 is 18.7 Å². The summed E-state index contributed by atoms with van der Waals surface area (Å²) in [7, 11) is 0. The highest BCUT2D eigenvalue weighted by atomic mass is 35.5. The Morgan fingerprint density at radius 1 is 0.971 bits per heavy atom. The monoisotopic (exact) mass is 480 g/mol. The third-order valence-corrected chi connectivity index (χ3v) is 6.95. The summed E-state index contributed by atoms with van der Waals surface area (Å²) in [5.74, 6) is -2.53. The van der Waals surface area contributed by atoms with E-state index in [1.165, 1.54) is 17.0 Å². The average molecular weight is 481 g/mol. The predicted octanol–water partition coefficient (Wildman–Crippen LogP) is 5.91. The zero-order chi connectivity index (χ0) is 23.9. The van der Waals surface area contributed by atoms with E-state index >= 15 is 8.78 Å². The predicted molar refractivity (Wildman–Crippen MR) is 129 cm³/mol. The molecule has 1 saturated heterocycles. The Balaban J connectivity index is 1.37. The van der Waals surface area contributed by atoms with Gasteiger partial charge in [0, 0.05) is 41.6 Å². The van der Waals surface area contributed by atoms with Gasteiger partial charge in [-0.2, -0.15) is 0 Å².